The van der Waals surface area contributed by atoms with Gasteiger partial charge in [-0.15, -0.1) is 12.4 Å². The van der Waals surface area contributed by atoms with E-state index in [0.29, 0.717) is 5.02 Å². The van der Waals surface area contributed by atoms with E-state index >= 15 is 0 Å². The van der Waals surface area contributed by atoms with Gasteiger partial charge >= 0.3 is 5.97 Å². The Labute approximate surface area is 140 Å². The summed E-state index contributed by atoms with van der Waals surface area (Å²) in [6, 6.07) is 3.16. The monoisotopic (exact) mass is 353 g/mol. The fourth-order valence-corrected chi connectivity index (χ4v) is 2.70. The van der Waals surface area contributed by atoms with E-state index in [1.807, 2.05) is 0 Å². The molecule has 4 nitrogen and oxygen atoms in total. The summed E-state index contributed by atoms with van der Waals surface area (Å²) >= 11 is 12.1. The first kappa shape index (κ1) is 18.4. The van der Waals surface area contributed by atoms with Crippen molar-refractivity contribution < 1.29 is 14.3 Å². The highest BCUT2D eigenvalue weighted by Gasteiger charge is 2.25. The molecule has 0 aromatic heterocycles. The van der Waals surface area contributed by atoms with Gasteiger partial charge in [-0.1, -0.05) is 23.2 Å². The highest BCUT2D eigenvalue weighted by molar-refractivity contribution is 6.37. The van der Waals surface area contributed by atoms with Gasteiger partial charge in [-0.3, -0.25) is 0 Å². The first-order chi connectivity index (χ1) is 9.52. The molecule has 0 spiro atoms. The van der Waals surface area contributed by atoms with E-state index in [-0.39, 0.29) is 34.8 Å². The topological polar surface area (TPSA) is 38.8 Å². The number of carbonyl (C=O) groups is 1. The molecule has 0 radical (unpaired) electrons. The zero-order valence-electron chi connectivity index (χ0n) is 11.9. The highest BCUT2D eigenvalue weighted by Crippen LogP contribution is 2.34. The maximum Gasteiger partial charge on any atom is 0.343 e. The lowest BCUT2D eigenvalue weighted by atomic mass is 10.1. The minimum atomic E-state index is -0.482. The summed E-state index contributed by atoms with van der Waals surface area (Å²) < 4.78 is 10.7. The number of hydrogen-bond acceptors (Lipinski definition) is 4. The van der Waals surface area contributed by atoms with Crippen LogP contribution >= 0.6 is 35.6 Å². The van der Waals surface area contributed by atoms with E-state index in [4.69, 9.17) is 32.7 Å². The van der Waals surface area contributed by atoms with Crippen molar-refractivity contribution in [1.29, 1.82) is 0 Å². The summed E-state index contributed by atoms with van der Waals surface area (Å²) in [5.74, 6) is -0.221. The van der Waals surface area contributed by atoms with Gasteiger partial charge in [0.05, 0.1) is 17.2 Å². The van der Waals surface area contributed by atoms with Crippen LogP contribution in [-0.4, -0.2) is 44.2 Å². The Hall–Kier alpha value is -0.680. The minimum absolute atomic E-state index is 0. The summed E-state index contributed by atoms with van der Waals surface area (Å²) in [6.45, 7) is 1.83. The van der Waals surface area contributed by atoms with Gasteiger partial charge in [-0.2, -0.15) is 0 Å². The van der Waals surface area contributed by atoms with Gasteiger partial charge in [0.2, 0.25) is 0 Å². The zero-order chi connectivity index (χ0) is 14.7. The number of ether oxygens (including phenoxy) is 2. The summed E-state index contributed by atoms with van der Waals surface area (Å²) in [6.07, 6.45) is 1.56. The number of nitrogens with zero attached hydrogens (tertiary/aromatic N) is 1. The molecule has 0 N–H and O–H groups in total. The molecule has 7 heteroatoms. The predicted molar refractivity (Wildman–Crippen MR) is 86.2 cm³/mol. The molecule has 1 aromatic carbocycles. The normalized spacial score (nSPS) is 16.2. The number of esters is 1. The molecule has 1 saturated heterocycles. The van der Waals surface area contributed by atoms with Gasteiger partial charge in [0.1, 0.15) is 11.7 Å². The number of benzene rings is 1. The Morgan fingerprint density at radius 3 is 2.38 bits per heavy atom. The van der Waals surface area contributed by atoms with E-state index in [2.05, 4.69) is 11.9 Å². The molecule has 1 aliphatic rings. The van der Waals surface area contributed by atoms with Gasteiger partial charge in [0.25, 0.3) is 0 Å². The molecule has 0 bridgehead atoms. The molecule has 0 unspecified atom stereocenters. The molecule has 1 aromatic rings. The third kappa shape index (κ3) is 4.39. The molecule has 118 valence electrons. The van der Waals surface area contributed by atoms with E-state index < -0.39 is 5.97 Å². The molecule has 2 rings (SSSR count). The molecule has 1 fully saturated rings. The fraction of sp³-hybridized carbons (Fsp3) is 0.500. The van der Waals surface area contributed by atoms with Gasteiger partial charge in [0.15, 0.2) is 5.75 Å². The Balaban J connectivity index is 0.00000220. The SMILES string of the molecule is COc1c(Cl)ccc(Cl)c1C(=O)OC1CCN(C)CC1.Cl. The molecular formula is C14H18Cl3NO3. The van der Waals surface area contributed by atoms with Gasteiger partial charge in [-0.25, -0.2) is 4.79 Å². The van der Waals surface area contributed by atoms with Gasteiger partial charge < -0.3 is 14.4 Å². The second-order valence-electron chi connectivity index (χ2n) is 4.85. The minimum Gasteiger partial charge on any atom is -0.494 e. The smallest absolute Gasteiger partial charge is 0.343 e. The Morgan fingerprint density at radius 1 is 1.24 bits per heavy atom. The first-order valence-corrected chi connectivity index (χ1v) is 7.20. The van der Waals surface area contributed by atoms with Gasteiger partial charge in [0, 0.05) is 13.1 Å². The van der Waals surface area contributed by atoms with Crippen LogP contribution in [0, 0.1) is 0 Å². The summed E-state index contributed by atoms with van der Waals surface area (Å²) in [5, 5.41) is 0.622. The van der Waals surface area contributed by atoms with Crippen LogP contribution in [0.5, 0.6) is 5.75 Å². The van der Waals surface area contributed by atoms with E-state index in [0.717, 1.165) is 25.9 Å². The van der Waals surface area contributed by atoms with Crippen molar-refractivity contribution in [1.82, 2.24) is 4.90 Å². The van der Waals surface area contributed by atoms with E-state index in [1.165, 1.54) is 7.11 Å². The van der Waals surface area contributed by atoms with Crippen molar-refractivity contribution in [3.05, 3.63) is 27.7 Å². The van der Waals surface area contributed by atoms with Crippen molar-refractivity contribution in [2.24, 2.45) is 0 Å². The standard InChI is InChI=1S/C14H17Cl2NO3.ClH/c1-17-7-5-9(6-8-17)20-14(18)12-10(15)3-4-11(16)13(12)19-2;/h3-4,9H,5-8H2,1-2H3;1H. The number of piperidine rings is 1. The molecule has 1 aliphatic heterocycles. The second-order valence-corrected chi connectivity index (χ2v) is 5.66. The number of rotatable bonds is 3. The lowest BCUT2D eigenvalue weighted by Crippen LogP contribution is -2.35. The van der Waals surface area contributed by atoms with Crippen LogP contribution in [0.25, 0.3) is 0 Å². The van der Waals surface area contributed by atoms with Gasteiger partial charge in [-0.05, 0) is 32.0 Å². The van der Waals surface area contributed by atoms with E-state index in [1.54, 1.807) is 12.1 Å². The average molecular weight is 355 g/mol. The molecule has 1 heterocycles. The predicted octanol–water partition coefficient (Wildman–Crippen LogP) is 3.67. The van der Waals surface area contributed by atoms with Crippen molar-refractivity contribution in [3.63, 3.8) is 0 Å². The number of methoxy groups -OCH3 is 1. The number of carbonyl (C=O) groups excluding carboxylic acids is 1. The third-order valence-corrected chi connectivity index (χ3v) is 4.02. The largest absolute Gasteiger partial charge is 0.494 e. The third-order valence-electron chi connectivity index (χ3n) is 3.41. The quantitative estimate of drug-likeness (QED) is 0.776. The highest BCUT2D eigenvalue weighted by atomic mass is 35.5. The van der Waals surface area contributed by atoms with Crippen LogP contribution in [0.3, 0.4) is 0 Å². The van der Waals surface area contributed by atoms with E-state index in [9.17, 15) is 4.79 Å². The Bertz CT molecular complexity index is 502. The van der Waals surface area contributed by atoms with Crippen LogP contribution in [0.2, 0.25) is 10.0 Å². The average Bonchev–Trinajstić information content (AvgIpc) is 2.43. The van der Waals surface area contributed by atoms with Crippen LogP contribution in [-0.2, 0) is 4.74 Å². The molecule has 0 amide bonds. The van der Waals surface area contributed by atoms with Crippen LogP contribution in [0.4, 0.5) is 0 Å². The summed E-state index contributed by atoms with van der Waals surface area (Å²) in [7, 11) is 3.50. The maximum atomic E-state index is 12.3. The molecule has 0 aliphatic carbocycles. The Morgan fingerprint density at radius 2 is 1.81 bits per heavy atom. The van der Waals surface area contributed by atoms with Crippen molar-refractivity contribution in [3.8, 4) is 5.75 Å². The summed E-state index contributed by atoms with van der Waals surface area (Å²) in [4.78, 5) is 14.5. The first-order valence-electron chi connectivity index (χ1n) is 6.44. The van der Waals surface area contributed by atoms with Crippen LogP contribution in [0.15, 0.2) is 12.1 Å². The zero-order valence-corrected chi connectivity index (χ0v) is 14.2. The van der Waals surface area contributed by atoms with Crippen molar-refractivity contribution in [2.75, 3.05) is 27.2 Å². The lowest BCUT2D eigenvalue weighted by Gasteiger charge is -2.28. The number of likely N-dealkylation sites (tertiary alicyclic amines) is 1. The van der Waals surface area contributed by atoms with Crippen LogP contribution < -0.4 is 4.74 Å². The molecule has 0 saturated carbocycles. The fourth-order valence-electron chi connectivity index (χ4n) is 2.24. The summed E-state index contributed by atoms with van der Waals surface area (Å²) in [5.41, 5.74) is 0.195. The Kier molecular flexibility index (Phi) is 7.07. The second kappa shape index (κ2) is 8.08. The number of halogens is 3. The molecular weight excluding hydrogens is 337 g/mol. The van der Waals surface area contributed by atoms with Crippen LogP contribution in [0.1, 0.15) is 23.2 Å². The lowest BCUT2D eigenvalue weighted by molar-refractivity contribution is 0.0136. The maximum absolute atomic E-state index is 12.3. The van der Waals surface area contributed by atoms with Crippen molar-refractivity contribution in [2.45, 2.75) is 18.9 Å². The van der Waals surface area contributed by atoms with Crippen molar-refractivity contribution >= 4 is 41.6 Å². The molecule has 0 atom stereocenters. The molecule has 21 heavy (non-hydrogen) atoms. The number of hydrogen-bond donors (Lipinski definition) is 0.